The van der Waals surface area contributed by atoms with E-state index in [4.69, 9.17) is 0 Å². The van der Waals surface area contributed by atoms with Crippen LogP contribution >= 0.6 is 0 Å². The van der Waals surface area contributed by atoms with Gasteiger partial charge in [-0.2, -0.15) is 0 Å². The molecule has 1 aromatic carbocycles. The van der Waals surface area contributed by atoms with E-state index in [9.17, 15) is 15.0 Å². The van der Waals surface area contributed by atoms with E-state index < -0.39 is 12.2 Å². The Morgan fingerprint density at radius 1 is 1.30 bits per heavy atom. The van der Waals surface area contributed by atoms with Crippen LogP contribution in [0.5, 0.6) is 0 Å². The molecule has 0 spiro atoms. The molecule has 3 N–H and O–H groups in total. The number of hydrogen-bond acceptors (Lipinski definition) is 3. The van der Waals surface area contributed by atoms with Crippen LogP contribution in [0, 0.1) is 0 Å². The quantitative estimate of drug-likeness (QED) is 0.771. The zero-order valence-electron chi connectivity index (χ0n) is 12.7. The molecule has 0 bridgehead atoms. The highest BCUT2D eigenvalue weighted by Crippen LogP contribution is 2.26. The summed E-state index contributed by atoms with van der Waals surface area (Å²) in [5.74, 6) is -0.138. The van der Waals surface area contributed by atoms with Crippen molar-refractivity contribution in [1.82, 2.24) is 5.32 Å². The summed E-state index contributed by atoms with van der Waals surface area (Å²) in [6.07, 6.45) is -1.51. The lowest BCUT2D eigenvalue weighted by Crippen LogP contribution is -2.27. The zero-order chi connectivity index (χ0) is 15.3. The molecule has 1 aromatic rings. The summed E-state index contributed by atoms with van der Waals surface area (Å²) in [7, 11) is 0. The molecule has 1 amide bonds. The van der Waals surface area contributed by atoms with E-state index >= 15 is 0 Å². The van der Waals surface area contributed by atoms with Crippen LogP contribution in [-0.2, 0) is 10.2 Å². The molecule has 20 heavy (non-hydrogen) atoms. The number of aliphatic hydroxyl groups is 2. The van der Waals surface area contributed by atoms with Crippen LogP contribution in [0.1, 0.15) is 51.3 Å². The summed E-state index contributed by atoms with van der Waals surface area (Å²) in [6.45, 7) is 8.09. The third kappa shape index (κ3) is 4.94. The van der Waals surface area contributed by atoms with E-state index in [1.54, 1.807) is 0 Å². The first-order valence-corrected chi connectivity index (χ1v) is 6.93. The van der Waals surface area contributed by atoms with Crippen molar-refractivity contribution in [2.75, 3.05) is 6.54 Å². The average Bonchev–Trinajstić information content (AvgIpc) is 2.36. The second-order valence-electron chi connectivity index (χ2n) is 6.16. The molecule has 112 valence electrons. The highest BCUT2D eigenvalue weighted by Gasteiger charge is 2.20. The van der Waals surface area contributed by atoms with Crippen LogP contribution < -0.4 is 5.32 Å². The number of nitrogens with one attached hydrogen (secondary N) is 1. The van der Waals surface area contributed by atoms with Crippen LogP contribution in [0.2, 0.25) is 0 Å². The van der Waals surface area contributed by atoms with Crippen LogP contribution in [0.3, 0.4) is 0 Å². The normalized spacial score (nSPS) is 14.7. The number of carbonyl (C=O) groups is 1. The maximum atomic E-state index is 10.8. The summed E-state index contributed by atoms with van der Waals surface area (Å²) in [5, 5.41) is 22.8. The van der Waals surface area contributed by atoms with E-state index in [-0.39, 0.29) is 11.3 Å². The highest BCUT2D eigenvalue weighted by molar-refractivity contribution is 5.72. The van der Waals surface area contributed by atoms with Gasteiger partial charge in [-0.15, -0.1) is 0 Å². The van der Waals surface area contributed by atoms with Gasteiger partial charge < -0.3 is 15.5 Å². The van der Waals surface area contributed by atoms with Crippen molar-refractivity contribution in [2.45, 2.75) is 51.7 Å². The molecule has 0 fully saturated rings. The minimum absolute atomic E-state index is 0.00311. The van der Waals surface area contributed by atoms with Crippen molar-refractivity contribution in [2.24, 2.45) is 0 Å². The van der Waals surface area contributed by atoms with Gasteiger partial charge >= 0.3 is 0 Å². The second kappa shape index (κ2) is 6.86. The number of hydrogen-bond donors (Lipinski definition) is 3. The fraction of sp³-hybridized carbons (Fsp3) is 0.562. The topological polar surface area (TPSA) is 69.6 Å². The lowest BCUT2D eigenvalue weighted by Gasteiger charge is -2.23. The Bertz CT molecular complexity index is 451. The zero-order valence-corrected chi connectivity index (χ0v) is 12.7. The summed E-state index contributed by atoms with van der Waals surface area (Å²) in [5.41, 5.74) is 1.81. The van der Waals surface area contributed by atoms with Gasteiger partial charge in [0, 0.05) is 13.5 Å². The Labute approximate surface area is 120 Å². The maximum Gasteiger partial charge on any atom is 0.216 e. The van der Waals surface area contributed by atoms with E-state index in [1.165, 1.54) is 6.92 Å². The Balaban J connectivity index is 2.71. The first-order valence-electron chi connectivity index (χ1n) is 6.93. The Hall–Kier alpha value is -1.39. The van der Waals surface area contributed by atoms with E-state index in [0.29, 0.717) is 18.5 Å². The first kappa shape index (κ1) is 16.7. The molecule has 0 radical (unpaired) electrons. The van der Waals surface area contributed by atoms with Gasteiger partial charge in [0.05, 0.1) is 6.10 Å². The molecular formula is C16H25NO3. The number of rotatable bonds is 5. The lowest BCUT2D eigenvalue weighted by molar-refractivity contribution is -0.119. The van der Waals surface area contributed by atoms with Crippen molar-refractivity contribution in [1.29, 1.82) is 0 Å². The second-order valence-corrected chi connectivity index (χ2v) is 6.16. The Morgan fingerprint density at radius 3 is 2.50 bits per heavy atom. The van der Waals surface area contributed by atoms with E-state index in [0.717, 1.165) is 5.56 Å². The molecule has 0 saturated heterocycles. The standard InChI is InChI=1S/C16H25NO3/c1-11(18)17-9-8-14(19)15(20)12-6-5-7-13(10-12)16(2,3)4/h5-7,10,14-15,19-20H,8-9H2,1-4H3,(H,17,18). The Morgan fingerprint density at radius 2 is 1.95 bits per heavy atom. The maximum absolute atomic E-state index is 10.8. The molecule has 0 aromatic heterocycles. The van der Waals surface area contributed by atoms with Crippen molar-refractivity contribution < 1.29 is 15.0 Å². The molecule has 2 atom stereocenters. The number of carbonyl (C=O) groups excluding carboxylic acids is 1. The van der Waals surface area contributed by atoms with Gasteiger partial charge in [0.1, 0.15) is 6.10 Å². The van der Waals surface area contributed by atoms with Crippen molar-refractivity contribution >= 4 is 5.91 Å². The summed E-state index contributed by atoms with van der Waals surface area (Å²) < 4.78 is 0. The predicted molar refractivity (Wildman–Crippen MR) is 79.4 cm³/mol. The Kier molecular flexibility index (Phi) is 5.72. The molecule has 4 heteroatoms. The van der Waals surface area contributed by atoms with Gasteiger partial charge in [0.15, 0.2) is 0 Å². The number of amides is 1. The van der Waals surface area contributed by atoms with Crippen LogP contribution in [0.4, 0.5) is 0 Å². The van der Waals surface area contributed by atoms with Crippen molar-refractivity contribution in [3.63, 3.8) is 0 Å². The number of benzene rings is 1. The van der Waals surface area contributed by atoms with Crippen molar-refractivity contribution in [3.05, 3.63) is 35.4 Å². The number of aliphatic hydroxyl groups excluding tert-OH is 2. The van der Waals surface area contributed by atoms with Crippen LogP contribution in [-0.4, -0.2) is 28.8 Å². The highest BCUT2D eigenvalue weighted by atomic mass is 16.3. The molecule has 1 rings (SSSR count). The first-order chi connectivity index (χ1) is 9.21. The largest absolute Gasteiger partial charge is 0.390 e. The monoisotopic (exact) mass is 279 g/mol. The third-order valence-corrected chi connectivity index (χ3v) is 3.27. The van der Waals surface area contributed by atoms with Gasteiger partial charge in [-0.3, -0.25) is 4.79 Å². The minimum atomic E-state index is -0.939. The lowest BCUT2D eigenvalue weighted by atomic mass is 9.85. The van der Waals surface area contributed by atoms with Crippen LogP contribution in [0.25, 0.3) is 0 Å². The molecule has 0 heterocycles. The fourth-order valence-electron chi connectivity index (χ4n) is 1.97. The van der Waals surface area contributed by atoms with E-state index in [2.05, 4.69) is 26.1 Å². The molecule has 0 aliphatic carbocycles. The molecule has 4 nitrogen and oxygen atoms in total. The van der Waals surface area contributed by atoms with Gasteiger partial charge in [-0.25, -0.2) is 0 Å². The smallest absolute Gasteiger partial charge is 0.216 e. The molecular weight excluding hydrogens is 254 g/mol. The SMILES string of the molecule is CC(=O)NCCC(O)C(O)c1cccc(C(C)(C)C)c1. The third-order valence-electron chi connectivity index (χ3n) is 3.27. The summed E-state index contributed by atoms with van der Waals surface area (Å²) in [6, 6.07) is 7.63. The minimum Gasteiger partial charge on any atom is -0.390 e. The van der Waals surface area contributed by atoms with Gasteiger partial charge in [0.2, 0.25) is 5.91 Å². The molecule has 2 unspecified atom stereocenters. The fourth-order valence-corrected chi connectivity index (χ4v) is 1.97. The average molecular weight is 279 g/mol. The van der Waals surface area contributed by atoms with Gasteiger partial charge in [-0.05, 0) is 23.0 Å². The van der Waals surface area contributed by atoms with Crippen molar-refractivity contribution in [3.8, 4) is 0 Å². The van der Waals surface area contributed by atoms with E-state index in [1.807, 2.05) is 24.3 Å². The van der Waals surface area contributed by atoms with Gasteiger partial charge in [0.25, 0.3) is 0 Å². The van der Waals surface area contributed by atoms with Gasteiger partial charge in [-0.1, -0.05) is 45.0 Å². The molecule has 0 saturated carbocycles. The predicted octanol–water partition coefficient (Wildman–Crippen LogP) is 1.90. The van der Waals surface area contributed by atoms with Crippen LogP contribution in [0.15, 0.2) is 24.3 Å². The molecule has 0 aliphatic rings. The summed E-state index contributed by atoms with van der Waals surface area (Å²) >= 11 is 0. The summed E-state index contributed by atoms with van der Waals surface area (Å²) in [4.78, 5) is 10.8. The molecule has 0 aliphatic heterocycles.